The van der Waals surface area contributed by atoms with Crippen molar-refractivity contribution in [2.75, 3.05) is 0 Å². The lowest BCUT2D eigenvalue weighted by Gasteiger charge is -2.70. The molecule has 4 aliphatic carbocycles. The van der Waals surface area contributed by atoms with Crippen LogP contribution in [-0.4, -0.2) is 39.0 Å². The van der Waals surface area contributed by atoms with E-state index in [1.807, 2.05) is 6.20 Å². The fourth-order valence-electron chi connectivity index (χ4n) is 4.30. The molecule has 1 amide bonds. The van der Waals surface area contributed by atoms with Crippen molar-refractivity contribution >= 4 is 6.09 Å². The molecule has 126 valence electrons. The van der Waals surface area contributed by atoms with E-state index in [1.165, 1.54) is 0 Å². The summed E-state index contributed by atoms with van der Waals surface area (Å²) in [4.78, 5) is 10.7. The molecule has 1 aromatic rings. The fraction of sp³-hybridized carbons (Fsp3) is 0.714. The highest BCUT2D eigenvalue weighted by atomic mass is 19.4. The van der Waals surface area contributed by atoms with Gasteiger partial charge in [-0.3, -0.25) is 9.42 Å². The maximum atomic E-state index is 12.1. The number of amides is 1. The molecule has 0 radical (unpaired) electrons. The van der Waals surface area contributed by atoms with Crippen LogP contribution in [0, 0.1) is 0 Å². The van der Waals surface area contributed by atoms with Crippen molar-refractivity contribution in [1.29, 1.82) is 0 Å². The molecule has 0 spiro atoms. The van der Waals surface area contributed by atoms with Crippen molar-refractivity contribution in [2.45, 2.75) is 61.6 Å². The number of carbonyl (C=O) groups is 1. The second kappa shape index (κ2) is 4.40. The lowest BCUT2D eigenvalue weighted by atomic mass is 9.38. The summed E-state index contributed by atoms with van der Waals surface area (Å²) in [5.41, 5.74) is 0.759. The summed E-state index contributed by atoms with van der Waals surface area (Å²) in [5.74, 6) is 0. The first-order chi connectivity index (χ1) is 10.7. The van der Waals surface area contributed by atoms with Gasteiger partial charge in [0.05, 0.1) is 18.3 Å². The van der Waals surface area contributed by atoms with E-state index in [-0.39, 0.29) is 17.0 Å². The minimum atomic E-state index is -4.58. The zero-order chi connectivity index (χ0) is 16.5. The number of nitrogens with zero attached hydrogens (tertiary/aromatic N) is 2. The third-order valence-corrected chi connectivity index (χ3v) is 5.36. The van der Waals surface area contributed by atoms with Crippen molar-refractivity contribution in [3.63, 3.8) is 0 Å². The SMILES string of the molecule is O=C(O)NC12CC(c3cnn(C4CC(OC(F)(F)F)C4)c3)(C1)C2. The van der Waals surface area contributed by atoms with E-state index < -0.39 is 18.6 Å². The highest BCUT2D eigenvalue weighted by Crippen LogP contribution is 2.67. The Kier molecular flexibility index (Phi) is 2.83. The summed E-state index contributed by atoms with van der Waals surface area (Å²) in [6, 6.07) is -0.0606. The van der Waals surface area contributed by atoms with Gasteiger partial charge in [-0.25, -0.2) is 4.79 Å². The highest BCUT2D eigenvalue weighted by molar-refractivity contribution is 5.67. The number of rotatable bonds is 4. The van der Waals surface area contributed by atoms with Crippen LogP contribution in [-0.2, 0) is 10.2 Å². The first kappa shape index (κ1) is 14.8. The van der Waals surface area contributed by atoms with E-state index in [9.17, 15) is 18.0 Å². The van der Waals surface area contributed by atoms with Crippen LogP contribution >= 0.6 is 0 Å². The van der Waals surface area contributed by atoms with Crippen LogP contribution in [0.15, 0.2) is 12.4 Å². The minimum absolute atomic E-state index is 0.00762. The molecule has 1 aromatic heterocycles. The van der Waals surface area contributed by atoms with E-state index in [0.29, 0.717) is 12.8 Å². The Morgan fingerprint density at radius 2 is 2.04 bits per heavy atom. The van der Waals surface area contributed by atoms with Gasteiger partial charge in [-0.05, 0) is 37.7 Å². The van der Waals surface area contributed by atoms with Gasteiger partial charge in [0.2, 0.25) is 0 Å². The fourth-order valence-corrected chi connectivity index (χ4v) is 4.30. The lowest BCUT2D eigenvalue weighted by Crippen LogP contribution is -2.76. The first-order valence-corrected chi connectivity index (χ1v) is 7.49. The second-order valence-corrected chi connectivity index (χ2v) is 7.04. The van der Waals surface area contributed by atoms with Gasteiger partial charge in [0.1, 0.15) is 0 Å². The maximum absolute atomic E-state index is 12.1. The molecule has 4 saturated carbocycles. The topological polar surface area (TPSA) is 76.4 Å². The van der Waals surface area contributed by atoms with Crippen molar-refractivity contribution in [1.82, 2.24) is 15.1 Å². The molecule has 4 fully saturated rings. The van der Waals surface area contributed by atoms with Crippen molar-refractivity contribution in [3.05, 3.63) is 18.0 Å². The molecule has 0 atom stereocenters. The third-order valence-electron chi connectivity index (χ3n) is 5.36. The van der Waals surface area contributed by atoms with Crippen LogP contribution in [0.5, 0.6) is 0 Å². The molecule has 0 saturated heterocycles. The van der Waals surface area contributed by atoms with Crippen LogP contribution < -0.4 is 5.32 Å². The zero-order valence-electron chi connectivity index (χ0n) is 12.1. The van der Waals surface area contributed by atoms with Crippen LogP contribution in [0.4, 0.5) is 18.0 Å². The average molecular weight is 331 g/mol. The monoisotopic (exact) mass is 331 g/mol. The second-order valence-electron chi connectivity index (χ2n) is 7.04. The molecular weight excluding hydrogens is 315 g/mol. The molecule has 4 aliphatic rings. The van der Waals surface area contributed by atoms with Gasteiger partial charge in [0.15, 0.2) is 0 Å². The number of hydrogen-bond acceptors (Lipinski definition) is 3. The normalized spacial score (nSPS) is 38.2. The summed E-state index contributed by atoms with van der Waals surface area (Å²) in [5, 5.41) is 15.6. The van der Waals surface area contributed by atoms with E-state index in [0.717, 1.165) is 24.8 Å². The number of carboxylic acid groups (broad SMARTS) is 1. The smallest absolute Gasteiger partial charge is 0.465 e. The van der Waals surface area contributed by atoms with Crippen LogP contribution in [0.25, 0.3) is 0 Å². The molecule has 6 nitrogen and oxygen atoms in total. The van der Waals surface area contributed by atoms with Gasteiger partial charge in [-0.1, -0.05) is 0 Å². The van der Waals surface area contributed by atoms with Gasteiger partial charge in [0, 0.05) is 17.2 Å². The largest absolute Gasteiger partial charge is 0.522 e. The molecule has 2 bridgehead atoms. The van der Waals surface area contributed by atoms with E-state index in [2.05, 4.69) is 15.2 Å². The Labute approximate surface area is 129 Å². The van der Waals surface area contributed by atoms with Gasteiger partial charge in [-0.15, -0.1) is 13.2 Å². The van der Waals surface area contributed by atoms with Crippen molar-refractivity contribution < 1.29 is 27.8 Å². The predicted molar refractivity (Wildman–Crippen MR) is 70.8 cm³/mol. The van der Waals surface area contributed by atoms with Crippen LogP contribution in [0.2, 0.25) is 0 Å². The Hall–Kier alpha value is -1.77. The lowest BCUT2D eigenvalue weighted by molar-refractivity contribution is -0.353. The number of nitrogens with one attached hydrogen (secondary N) is 1. The number of aromatic nitrogens is 2. The molecule has 0 aromatic carbocycles. The molecule has 0 unspecified atom stereocenters. The average Bonchev–Trinajstić information content (AvgIpc) is 2.73. The van der Waals surface area contributed by atoms with Crippen molar-refractivity contribution in [2.24, 2.45) is 0 Å². The van der Waals surface area contributed by atoms with E-state index >= 15 is 0 Å². The Bertz CT molecular complexity index is 631. The maximum Gasteiger partial charge on any atom is 0.522 e. The zero-order valence-corrected chi connectivity index (χ0v) is 12.1. The summed E-state index contributed by atoms with van der Waals surface area (Å²) in [7, 11) is 0. The summed E-state index contributed by atoms with van der Waals surface area (Å²) >= 11 is 0. The molecule has 9 heteroatoms. The molecule has 23 heavy (non-hydrogen) atoms. The number of halogens is 3. The Morgan fingerprint density at radius 3 is 2.61 bits per heavy atom. The molecule has 2 N–H and O–H groups in total. The molecule has 5 rings (SSSR count). The predicted octanol–water partition coefficient (Wildman–Crippen LogP) is 2.56. The number of ether oxygens (including phenoxy) is 1. The van der Waals surface area contributed by atoms with Crippen molar-refractivity contribution in [3.8, 4) is 0 Å². The molecular formula is C14H16F3N3O3. The molecule has 0 aliphatic heterocycles. The Morgan fingerprint density at radius 1 is 1.39 bits per heavy atom. The number of alkyl halides is 3. The quantitative estimate of drug-likeness (QED) is 0.889. The Balaban J connectivity index is 1.33. The number of hydrogen-bond donors (Lipinski definition) is 2. The van der Waals surface area contributed by atoms with Crippen LogP contribution in [0.3, 0.4) is 0 Å². The highest BCUT2D eigenvalue weighted by Gasteiger charge is 2.69. The van der Waals surface area contributed by atoms with Gasteiger partial charge < -0.3 is 10.4 Å². The van der Waals surface area contributed by atoms with Gasteiger partial charge >= 0.3 is 12.5 Å². The van der Waals surface area contributed by atoms with E-state index in [1.54, 1.807) is 10.9 Å². The van der Waals surface area contributed by atoms with Crippen LogP contribution in [0.1, 0.15) is 43.7 Å². The van der Waals surface area contributed by atoms with Gasteiger partial charge in [0.25, 0.3) is 0 Å². The molecule has 1 heterocycles. The summed E-state index contributed by atoms with van der Waals surface area (Å²) in [6.45, 7) is 0. The minimum Gasteiger partial charge on any atom is -0.465 e. The summed E-state index contributed by atoms with van der Waals surface area (Å²) in [6.07, 6.45) is 0.177. The third kappa shape index (κ3) is 2.37. The van der Waals surface area contributed by atoms with Gasteiger partial charge in [-0.2, -0.15) is 5.10 Å². The standard InChI is InChI=1S/C14H16F3N3O3/c15-14(16,17)23-10-1-9(2-10)20-4-8(3-18-20)12-5-13(6-12,7-12)19-11(21)22/h3-4,9-10,19H,1-2,5-7H2,(H,21,22). The summed E-state index contributed by atoms with van der Waals surface area (Å²) < 4.78 is 42.0. The first-order valence-electron chi connectivity index (χ1n) is 7.49. The van der Waals surface area contributed by atoms with E-state index in [4.69, 9.17) is 5.11 Å².